The number of hydrogen-bond donors (Lipinski definition) is 1. The molecule has 1 rings (SSSR count). The summed E-state index contributed by atoms with van der Waals surface area (Å²) >= 11 is 0. The Labute approximate surface area is 115 Å². The number of nitrogens with one attached hydrogen (secondary N) is 1. The van der Waals surface area contributed by atoms with Crippen molar-refractivity contribution < 1.29 is 14.3 Å². The van der Waals surface area contributed by atoms with Crippen LogP contribution in [0.1, 0.15) is 52.4 Å². The standard InChI is InChI=1S/C14H26N2O3/c1-3-5-7-10-15-13(17)12-9-6-8-11-16(12)14(18)19-4-2/h12H,3-11H2,1-2H3,(H,15,17)/t12-/m0/s1. The molecule has 0 saturated carbocycles. The van der Waals surface area contributed by atoms with Crippen LogP contribution in [0.2, 0.25) is 0 Å². The van der Waals surface area contributed by atoms with Gasteiger partial charge in [0, 0.05) is 13.1 Å². The summed E-state index contributed by atoms with van der Waals surface area (Å²) in [7, 11) is 0. The van der Waals surface area contributed by atoms with E-state index >= 15 is 0 Å². The number of piperidine rings is 1. The van der Waals surface area contributed by atoms with E-state index in [1.807, 2.05) is 0 Å². The van der Waals surface area contributed by atoms with Gasteiger partial charge in [0.25, 0.3) is 0 Å². The third-order valence-corrected chi connectivity index (χ3v) is 3.39. The molecule has 1 fully saturated rings. The van der Waals surface area contributed by atoms with E-state index in [0.29, 0.717) is 19.7 Å². The minimum Gasteiger partial charge on any atom is -0.450 e. The number of hydrogen-bond acceptors (Lipinski definition) is 3. The minimum atomic E-state index is -0.365. The minimum absolute atomic E-state index is 0.0381. The Kier molecular flexibility index (Phi) is 7.30. The van der Waals surface area contributed by atoms with Crippen molar-refractivity contribution in [3.63, 3.8) is 0 Å². The molecule has 0 aromatic rings. The maximum absolute atomic E-state index is 12.1. The second kappa shape index (κ2) is 8.77. The van der Waals surface area contributed by atoms with Crippen molar-refractivity contribution in [1.82, 2.24) is 10.2 Å². The molecular weight excluding hydrogens is 244 g/mol. The van der Waals surface area contributed by atoms with Crippen molar-refractivity contribution in [2.45, 2.75) is 58.4 Å². The maximum atomic E-state index is 12.1. The van der Waals surface area contributed by atoms with E-state index in [0.717, 1.165) is 38.5 Å². The number of nitrogens with zero attached hydrogens (tertiary/aromatic N) is 1. The summed E-state index contributed by atoms with van der Waals surface area (Å²) in [6.45, 7) is 5.57. The average molecular weight is 270 g/mol. The first-order chi connectivity index (χ1) is 9.20. The normalized spacial score (nSPS) is 19.1. The molecule has 0 aliphatic carbocycles. The van der Waals surface area contributed by atoms with E-state index in [9.17, 15) is 9.59 Å². The number of rotatable bonds is 6. The molecule has 1 N–H and O–H groups in total. The quantitative estimate of drug-likeness (QED) is 0.753. The van der Waals surface area contributed by atoms with E-state index in [2.05, 4.69) is 12.2 Å². The largest absolute Gasteiger partial charge is 0.450 e. The highest BCUT2D eigenvalue weighted by atomic mass is 16.6. The fourth-order valence-corrected chi connectivity index (χ4v) is 2.33. The zero-order valence-electron chi connectivity index (χ0n) is 12.1. The van der Waals surface area contributed by atoms with Gasteiger partial charge in [-0.15, -0.1) is 0 Å². The molecule has 0 aromatic heterocycles. The molecule has 1 heterocycles. The van der Waals surface area contributed by atoms with Crippen LogP contribution in [0.3, 0.4) is 0 Å². The topological polar surface area (TPSA) is 58.6 Å². The summed E-state index contributed by atoms with van der Waals surface area (Å²) in [5, 5.41) is 2.93. The van der Waals surface area contributed by atoms with Crippen LogP contribution in [0, 0.1) is 0 Å². The molecule has 1 saturated heterocycles. The van der Waals surface area contributed by atoms with Gasteiger partial charge < -0.3 is 10.1 Å². The van der Waals surface area contributed by atoms with Crippen molar-refractivity contribution in [2.75, 3.05) is 19.7 Å². The molecule has 19 heavy (non-hydrogen) atoms. The van der Waals surface area contributed by atoms with Crippen molar-refractivity contribution in [1.29, 1.82) is 0 Å². The van der Waals surface area contributed by atoms with E-state index < -0.39 is 0 Å². The summed E-state index contributed by atoms with van der Waals surface area (Å²) in [5.74, 6) is -0.0381. The predicted octanol–water partition coefficient (Wildman–Crippen LogP) is 2.30. The highest BCUT2D eigenvalue weighted by molar-refractivity contribution is 5.85. The van der Waals surface area contributed by atoms with Crippen LogP contribution >= 0.6 is 0 Å². The molecule has 0 aromatic carbocycles. The molecule has 5 heteroatoms. The molecule has 5 nitrogen and oxygen atoms in total. The Morgan fingerprint density at radius 1 is 1.26 bits per heavy atom. The molecule has 110 valence electrons. The summed E-state index contributed by atoms with van der Waals surface area (Å²) in [4.78, 5) is 25.5. The van der Waals surface area contributed by atoms with Gasteiger partial charge in [-0.3, -0.25) is 9.69 Å². The molecular formula is C14H26N2O3. The first-order valence-electron chi connectivity index (χ1n) is 7.41. The van der Waals surface area contributed by atoms with E-state index in [4.69, 9.17) is 4.74 Å². The summed E-state index contributed by atoms with van der Waals surface area (Å²) in [6, 6.07) is -0.352. The Hall–Kier alpha value is -1.26. The van der Waals surface area contributed by atoms with Gasteiger partial charge in [0.05, 0.1) is 6.61 Å². The molecule has 1 aliphatic heterocycles. The third-order valence-electron chi connectivity index (χ3n) is 3.39. The predicted molar refractivity (Wildman–Crippen MR) is 73.9 cm³/mol. The van der Waals surface area contributed by atoms with E-state index in [1.54, 1.807) is 11.8 Å². The van der Waals surface area contributed by atoms with Gasteiger partial charge in [-0.1, -0.05) is 19.8 Å². The zero-order chi connectivity index (χ0) is 14.1. The van der Waals surface area contributed by atoms with Crippen LogP contribution in [0.25, 0.3) is 0 Å². The van der Waals surface area contributed by atoms with Crippen LogP contribution in [0.15, 0.2) is 0 Å². The van der Waals surface area contributed by atoms with E-state index in [1.165, 1.54) is 0 Å². The smallest absolute Gasteiger partial charge is 0.410 e. The third kappa shape index (κ3) is 5.09. The summed E-state index contributed by atoms with van der Waals surface area (Å²) in [6.07, 6.45) is 5.55. The first kappa shape index (κ1) is 15.8. The second-order valence-corrected chi connectivity index (χ2v) is 4.90. The van der Waals surface area contributed by atoms with Gasteiger partial charge in [-0.05, 0) is 32.6 Å². The number of ether oxygens (including phenoxy) is 1. The van der Waals surface area contributed by atoms with Crippen LogP contribution in [0.4, 0.5) is 4.79 Å². The SMILES string of the molecule is CCCCCNC(=O)[C@@H]1CCCCN1C(=O)OCC. The summed E-state index contributed by atoms with van der Waals surface area (Å²) < 4.78 is 5.01. The fraction of sp³-hybridized carbons (Fsp3) is 0.857. The lowest BCUT2D eigenvalue weighted by molar-refractivity contribution is -0.127. The van der Waals surface area contributed by atoms with Crippen LogP contribution in [-0.2, 0) is 9.53 Å². The van der Waals surface area contributed by atoms with Gasteiger partial charge in [0.2, 0.25) is 5.91 Å². The Balaban J connectivity index is 2.46. The number of likely N-dealkylation sites (tertiary alicyclic amines) is 1. The zero-order valence-corrected chi connectivity index (χ0v) is 12.1. The second-order valence-electron chi connectivity index (χ2n) is 4.90. The Morgan fingerprint density at radius 2 is 2.05 bits per heavy atom. The summed E-state index contributed by atoms with van der Waals surface area (Å²) in [5.41, 5.74) is 0. The fourth-order valence-electron chi connectivity index (χ4n) is 2.33. The lowest BCUT2D eigenvalue weighted by Gasteiger charge is -2.33. The van der Waals surface area contributed by atoms with Crippen LogP contribution in [-0.4, -0.2) is 42.6 Å². The molecule has 0 spiro atoms. The molecule has 1 atom stereocenters. The number of carbonyl (C=O) groups is 2. The molecule has 0 bridgehead atoms. The lowest BCUT2D eigenvalue weighted by atomic mass is 10.0. The van der Waals surface area contributed by atoms with Gasteiger partial charge in [-0.2, -0.15) is 0 Å². The van der Waals surface area contributed by atoms with Crippen LogP contribution in [0.5, 0.6) is 0 Å². The highest BCUT2D eigenvalue weighted by Crippen LogP contribution is 2.18. The van der Waals surface area contributed by atoms with Crippen molar-refractivity contribution in [3.05, 3.63) is 0 Å². The van der Waals surface area contributed by atoms with Gasteiger partial charge in [0.1, 0.15) is 6.04 Å². The van der Waals surface area contributed by atoms with Crippen molar-refractivity contribution in [3.8, 4) is 0 Å². The molecule has 0 radical (unpaired) electrons. The molecule has 1 aliphatic rings. The average Bonchev–Trinajstić information content (AvgIpc) is 2.43. The van der Waals surface area contributed by atoms with Crippen molar-refractivity contribution >= 4 is 12.0 Å². The Bertz CT molecular complexity index is 294. The van der Waals surface area contributed by atoms with Gasteiger partial charge in [0.15, 0.2) is 0 Å². The maximum Gasteiger partial charge on any atom is 0.410 e. The number of unbranched alkanes of at least 4 members (excludes halogenated alkanes) is 2. The van der Waals surface area contributed by atoms with E-state index in [-0.39, 0.29) is 18.0 Å². The highest BCUT2D eigenvalue weighted by Gasteiger charge is 2.32. The van der Waals surface area contributed by atoms with Gasteiger partial charge >= 0.3 is 6.09 Å². The van der Waals surface area contributed by atoms with Crippen molar-refractivity contribution in [2.24, 2.45) is 0 Å². The molecule has 0 unspecified atom stereocenters. The molecule has 2 amide bonds. The monoisotopic (exact) mass is 270 g/mol. The van der Waals surface area contributed by atoms with Crippen LogP contribution < -0.4 is 5.32 Å². The number of carbonyl (C=O) groups excluding carboxylic acids is 2. The lowest BCUT2D eigenvalue weighted by Crippen LogP contribution is -2.52. The Morgan fingerprint density at radius 3 is 2.74 bits per heavy atom. The number of amides is 2. The van der Waals surface area contributed by atoms with Gasteiger partial charge in [-0.25, -0.2) is 4.79 Å². The first-order valence-corrected chi connectivity index (χ1v) is 7.41.